The van der Waals surface area contributed by atoms with Crippen LogP contribution in [0.3, 0.4) is 0 Å². The minimum absolute atomic E-state index is 0.0550. The van der Waals surface area contributed by atoms with Crippen LogP contribution in [0.2, 0.25) is 0 Å². The minimum Gasteiger partial charge on any atom is -0.493 e. The molecule has 1 atom stereocenters. The van der Waals surface area contributed by atoms with Crippen LogP contribution < -0.4 is 10.1 Å². The van der Waals surface area contributed by atoms with Gasteiger partial charge in [-0.3, -0.25) is 5.32 Å². The van der Waals surface area contributed by atoms with E-state index in [0.29, 0.717) is 25.8 Å². The van der Waals surface area contributed by atoms with E-state index in [4.69, 9.17) is 18.7 Å². The number of guanidine groups is 1. The highest BCUT2D eigenvalue weighted by atomic mass is 19.4. The number of amides is 2. The van der Waals surface area contributed by atoms with Gasteiger partial charge in [-0.1, -0.05) is 44.2 Å². The zero-order chi connectivity index (χ0) is 34.1. The molecular weight excluding hydrogens is 607 g/mol. The molecule has 11 nitrogen and oxygen atoms in total. The van der Waals surface area contributed by atoms with Crippen molar-refractivity contribution in [3.8, 4) is 17.1 Å². The molecule has 1 aromatic carbocycles. The molecule has 1 aromatic heterocycles. The van der Waals surface area contributed by atoms with Crippen molar-refractivity contribution in [1.29, 1.82) is 0 Å². The molecule has 2 heterocycles. The zero-order valence-electron chi connectivity index (χ0n) is 27.8. The molecule has 0 saturated carbocycles. The second-order valence-electron chi connectivity index (χ2n) is 13.2. The maximum Gasteiger partial charge on any atom is 0.437 e. The molecule has 0 unspecified atom stereocenters. The monoisotopic (exact) mass is 653 g/mol. The first-order valence-electron chi connectivity index (χ1n) is 15.7. The molecule has 2 amide bonds. The van der Waals surface area contributed by atoms with Gasteiger partial charge in [-0.05, 0) is 79.0 Å². The topological polar surface area (TPSA) is 128 Å². The number of alkyl halides is 3. The van der Waals surface area contributed by atoms with Gasteiger partial charge in [0.15, 0.2) is 0 Å². The highest BCUT2D eigenvalue weighted by Gasteiger charge is 2.37. The Bertz CT molecular complexity index is 1350. The summed E-state index contributed by atoms with van der Waals surface area (Å²) >= 11 is 0. The molecule has 3 rings (SSSR count). The van der Waals surface area contributed by atoms with Crippen LogP contribution in [0.5, 0.6) is 5.75 Å². The molecule has 0 aliphatic carbocycles. The van der Waals surface area contributed by atoms with Gasteiger partial charge >= 0.3 is 18.4 Å². The number of hydrogen-bond acceptors (Lipinski definition) is 8. The maximum atomic E-state index is 14.0. The van der Waals surface area contributed by atoms with Crippen molar-refractivity contribution < 1.29 is 41.5 Å². The lowest BCUT2D eigenvalue weighted by Gasteiger charge is -2.27. The third kappa shape index (κ3) is 11.5. The van der Waals surface area contributed by atoms with Gasteiger partial charge in [0.1, 0.15) is 23.0 Å². The van der Waals surface area contributed by atoms with Gasteiger partial charge in [-0.2, -0.15) is 18.2 Å². The number of unbranched alkanes of at least 4 members (excludes halogenated alkanes) is 5. The summed E-state index contributed by atoms with van der Waals surface area (Å²) in [5.41, 5.74) is -2.50. The van der Waals surface area contributed by atoms with Crippen LogP contribution in [0, 0.1) is 0 Å². The quantitative estimate of drug-likeness (QED) is 0.153. The first-order valence-corrected chi connectivity index (χ1v) is 15.7. The molecule has 0 radical (unpaired) electrons. The van der Waals surface area contributed by atoms with E-state index in [9.17, 15) is 22.8 Å². The molecule has 46 heavy (non-hydrogen) atoms. The van der Waals surface area contributed by atoms with Crippen molar-refractivity contribution in [2.75, 3.05) is 13.2 Å². The number of hydrogen-bond donors (Lipinski definition) is 1. The molecule has 1 aliphatic rings. The largest absolute Gasteiger partial charge is 0.493 e. The molecule has 1 saturated heterocycles. The molecular formula is C32H46F3N5O6. The summed E-state index contributed by atoms with van der Waals surface area (Å²) in [6.07, 6.45) is 0.569. The molecule has 0 spiro atoms. The van der Waals surface area contributed by atoms with Gasteiger partial charge < -0.3 is 23.6 Å². The fraction of sp³-hybridized carbons (Fsp3) is 0.656. The Labute approximate surface area is 268 Å². The third-order valence-corrected chi connectivity index (χ3v) is 6.75. The van der Waals surface area contributed by atoms with Crippen LogP contribution >= 0.6 is 0 Å². The number of aliphatic imine (C=N–C) groups is 1. The fourth-order valence-electron chi connectivity index (χ4n) is 4.78. The number of nitrogens with zero attached hydrogens (tertiary/aromatic N) is 4. The summed E-state index contributed by atoms with van der Waals surface area (Å²) in [7, 11) is 0. The van der Waals surface area contributed by atoms with E-state index >= 15 is 0 Å². The van der Waals surface area contributed by atoms with Crippen LogP contribution in [-0.2, 0) is 15.7 Å². The predicted molar refractivity (Wildman–Crippen MR) is 165 cm³/mol. The van der Waals surface area contributed by atoms with Crippen LogP contribution in [0.25, 0.3) is 11.4 Å². The number of ether oxygens (including phenoxy) is 3. The Hall–Kier alpha value is -3.84. The van der Waals surface area contributed by atoms with E-state index in [0.717, 1.165) is 38.2 Å². The number of carbonyl (C=O) groups excluding carboxylic acids is 2. The molecule has 0 bridgehead atoms. The van der Waals surface area contributed by atoms with E-state index in [1.54, 1.807) is 46.4 Å². The molecule has 1 aliphatic heterocycles. The summed E-state index contributed by atoms with van der Waals surface area (Å²) in [6.45, 7) is 12.8. The van der Waals surface area contributed by atoms with Crippen molar-refractivity contribution in [3.63, 3.8) is 0 Å². The van der Waals surface area contributed by atoms with E-state index in [2.05, 4.69) is 27.4 Å². The lowest BCUT2D eigenvalue weighted by atomic mass is 10.1. The van der Waals surface area contributed by atoms with E-state index in [1.807, 2.05) is 0 Å². The number of benzene rings is 1. The van der Waals surface area contributed by atoms with Gasteiger partial charge in [-0.15, -0.1) is 4.99 Å². The summed E-state index contributed by atoms with van der Waals surface area (Å²) in [4.78, 5) is 35.2. The Kier molecular flexibility index (Phi) is 12.4. The normalized spacial score (nSPS) is 16.0. The smallest absolute Gasteiger partial charge is 0.437 e. The van der Waals surface area contributed by atoms with E-state index in [1.165, 1.54) is 12.1 Å². The average molecular weight is 654 g/mol. The highest BCUT2D eigenvalue weighted by Crippen LogP contribution is 2.39. The van der Waals surface area contributed by atoms with Crippen molar-refractivity contribution in [2.24, 2.45) is 4.99 Å². The standard InChI is InChI=1S/C32H46F3N5O6/c1-8-9-10-11-12-13-19-43-24-17-16-21(20-22(24)32(33,34)35)25-36-26(46-39-25)23-15-14-18-40(23)27(37-28(41)44-30(2,3)4)38-29(42)45-31(5,6)7/h16-17,20,23H,8-15,18-19H2,1-7H3,(H,37,38,41,42)/t23-/m0/s1. The number of carbonyl (C=O) groups is 2. The molecule has 256 valence electrons. The summed E-state index contributed by atoms with van der Waals surface area (Å²) in [5.74, 6) is -0.378. The van der Waals surface area contributed by atoms with Gasteiger partial charge in [0.2, 0.25) is 17.7 Å². The summed E-state index contributed by atoms with van der Waals surface area (Å²) < 4.78 is 63.7. The predicted octanol–water partition coefficient (Wildman–Crippen LogP) is 8.45. The summed E-state index contributed by atoms with van der Waals surface area (Å²) in [5, 5.41) is 6.46. The van der Waals surface area contributed by atoms with Crippen LogP contribution in [0.4, 0.5) is 22.8 Å². The second-order valence-corrected chi connectivity index (χ2v) is 13.2. The SMILES string of the molecule is CCCCCCCCOc1ccc(-c2noc([C@@H]3CCCN3/C(=N/C(=O)OC(C)(C)C)NC(=O)OC(C)(C)C)n2)cc1C(F)(F)F. The van der Waals surface area contributed by atoms with Crippen LogP contribution in [-0.4, -0.2) is 57.5 Å². The van der Waals surface area contributed by atoms with E-state index < -0.39 is 41.2 Å². The van der Waals surface area contributed by atoms with Gasteiger partial charge in [-0.25, -0.2) is 9.59 Å². The number of nitrogens with one attached hydrogen (secondary N) is 1. The number of halogens is 3. The maximum absolute atomic E-state index is 14.0. The lowest BCUT2D eigenvalue weighted by Crippen LogP contribution is -2.46. The Morgan fingerprint density at radius 2 is 1.70 bits per heavy atom. The third-order valence-electron chi connectivity index (χ3n) is 6.75. The van der Waals surface area contributed by atoms with Crippen LogP contribution in [0.15, 0.2) is 27.7 Å². The van der Waals surface area contributed by atoms with Crippen LogP contribution in [0.1, 0.15) is 117 Å². The Balaban J connectivity index is 1.83. The molecule has 2 aromatic rings. The van der Waals surface area contributed by atoms with E-state index in [-0.39, 0.29) is 35.6 Å². The van der Waals surface area contributed by atoms with Gasteiger partial charge in [0.05, 0.1) is 12.2 Å². The Morgan fingerprint density at radius 3 is 2.35 bits per heavy atom. The highest BCUT2D eigenvalue weighted by molar-refractivity contribution is 5.99. The Morgan fingerprint density at radius 1 is 1.02 bits per heavy atom. The minimum atomic E-state index is -4.67. The average Bonchev–Trinajstić information content (AvgIpc) is 3.60. The first kappa shape index (κ1) is 36.6. The number of likely N-dealkylation sites (tertiary alicyclic amines) is 1. The molecule has 1 N–H and O–H groups in total. The molecule has 1 fully saturated rings. The number of rotatable bonds is 10. The van der Waals surface area contributed by atoms with Gasteiger partial charge in [0, 0.05) is 12.1 Å². The summed E-state index contributed by atoms with van der Waals surface area (Å²) in [6, 6.07) is 3.02. The first-order chi connectivity index (χ1) is 21.5. The lowest BCUT2D eigenvalue weighted by molar-refractivity contribution is -0.138. The number of alkyl carbamates (subject to hydrolysis) is 1. The second kappa shape index (κ2) is 15.6. The molecule has 14 heteroatoms. The van der Waals surface area contributed by atoms with Crippen molar-refractivity contribution in [1.82, 2.24) is 20.4 Å². The van der Waals surface area contributed by atoms with Gasteiger partial charge in [0.25, 0.3) is 0 Å². The van der Waals surface area contributed by atoms with Crippen molar-refractivity contribution in [2.45, 2.75) is 123 Å². The fourth-order valence-corrected chi connectivity index (χ4v) is 4.78. The van der Waals surface area contributed by atoms with Crippen molar-refractivity contribution >= 4 is 18.1 Å². The van der Waals surface area contributed by atoms with Crippen molar-refractivity contribution in [3.05, 3.63) is 29.7 Å². The zero-order valence-corrected chi connectivity index (χ0v) is 27.8. The number of aromatic nitrogens is 2.